The number of esters is 2. The average molecular weight is 383 g/mol. The van der Waals surface area contributed by atoms with Crippen molar-refractivity contribution in [3.05, 3.63) is 46.5 Å². The molecule has 0 bridgehead atoms. The molecule has 0 amide bonds. The lowest BCUT2D eigenvalue weighted by molar-refractivity contribution is -0.159. The fraction of sp³-hybridized carbons (Fsp3) is 0.444. The third-order valence-electron chi connectivity index (χ3n) is 3.54. The van der Waals surface area contributed by atoms with Crippen molar-refractivity contribution in [2.24, 2.45) is 5.92 Å². The Labute approximate surface area is 146 Å². The highest BCUT2D eigenvalue weighted by atomic mass is 79.9. The van der Waals surface area contributed by atoms with Crippen LogP contribution in [0.4, 0.5) is 0 Å². The van der Waals surface area contributed by atoms with E-state index in [2.05, 4.69) is 43.6 Å². The Balaban J connectivity index is 2.29. The van der Waals surface area contributed by atoms with Crippen molar-refractivity contribution in [3.63, 3.8) is 0 Å². The summed E-state index contributed by atoms with van der Waals surface area (Å²) in [6, 6.07) is 8.18. The first-order valence-electron chi connectivity index (χ1n) is 7.64. The Morgan fingerprint density at radius 3 is 2.30 bits per heavy atom. The third kappa shape index (κ3) is 6.99. The quantitative estimate of drug-likeness (QED) is 0.279. The van der Waals surface area contributed by atoms with Gasteiger partial charge in [0.1, 0.15) is 0 Å². The van der Waals surface area contributed by atoms with Crippen LogP contribution < -0.4 is 0 Å². The maximum atomic E-state index is 11.5. The van der Waals surface area contributed by atoms with Gasteiger partial charge in [0.2, 0.25) is 0 Å². The van der Waals surface area contributed by atoms with E-state index < -0.39 is 17.9 Å². The minimum Gasteiger partial charge on any atom is -0.468 e. The summed E-state index contributed by atoms with van der Waals surface area (Å²) in [6.45, 7) is 0. The molecule has 5 heteroatoms. The van der Waals surface area contributed by atoms with Crippen LogP contribution in [0.5, 0.6) is 0 Å². The van der Waals surface area contributed by atoms with Crippen LogP contribution in [0.2, 0.25) is 0 Å². The summed E-state index contributed by atoms with van der Waals surface area (Å²) >= 11 is 3.54. The van der Waals surface area contributed by atoms with Crippen LogP contribution in [0.15, 0.2) is 40.9 Å². The maximum Gasteiger partial charge on any atom is 0.320 e. The van der Waals surface area contributed by atoms with Gasteiger partial charge in [-0.05, 0) is 43.7 Å². The van der Waals surface area contributed by atoms with Gasteiger partial charge in [0.15, 0.2) is 5.92 Å². The Hall–Kier alpha value is -1.62. The molecule has 0 saturated heterocycles. The average Bonchev–Trinajstić information content (AvgIpc) is 2.57. The first-order chi connectivity index (χ1) is 11.1. The fourth-order valence-corrected chi connectivity index (χ4v) is 2.71. The summed E-state index contributed by atoms with van der Waals surface area (Å²) in [6.07, 6.45) is 8.15. The Kier molecular flexibility index (Phi) is 9.29. The van der Waals surface area contributed by atoms with Gasteiger partial charge in [0.25, 0.3) is 0 Å². The molecule has 0 fully saturated rings. The van der Waals surface area contributed by atoms with E-state index in [1.165, 1.54) is 19.8 Å². The second-order valence-corrected chi connectivity index (χ2v) is 5.99. The molecule has 0 radical (unpaired) electrons. The highest BCUT2D eigenvalue weighted by Gasteiger charge is 2.27. The van der Waals surface area contributed by atoms with Gasteiger partial charge in [-0.2, -0.15) is 0 Å². The van der Waals surface area contributed by atoms with Crippen molar-refractivity contribution < 1.29 is 19.1 Å². The SMILES string of the molecule is COC(=O)C(CCC/C=C/CCc1ccccc1Br)C(=O)OC. The lowest BCUT2D eigenvalue weighted by Crippen LogP contribution is -2.26. The smallest absolute Gasteiger partial charge is 0.320 e. The number of allylic oxidation sites excluding steroid dienone is 2. The van der Waals surface area contributed by atoms with Crippen LogP contribution in [0, 0.1) is 5.92 Å². The summed E-state index contributed by atoms with van der Waals surface area (Å²) < 4.78 is 10.4. The number of benzene rings is 1. The Bertz CT molecular complexity index is 524. The van der Waals surface area contributed by atoms with Crippen LogP contribution in [0.3, 0.4) is 0 Å². The largest absolute Gasteiger partial charge is 0.468 e. The third-order valence-corrected chi connectivity index (χ3v) is 4.31. The topological polar surface area (TPSA) is 52.6 Å². The molecule has 0 unspecified atom stereocenters. The van der Waals surface area contributed by atoms with Crippen molar-refractivity contribution >= 4 is 27.9 Å². The lowest BCUT2D eigenvalue weighted by atomic mass is 10.0. The standard InChI is InChI=1S/C18H23BrO4/c1-22-17(20)15(18(21)23-2)12-7-5-3-4-6-10-14-11-8-9-13-16(14)19/h3-4,8-9,11,13,15H,5-7,10,12H2,1-2H3/b4-3+. The summed E-state index contributed by atoms with van der Waals surface area (Å²) in [5.74, 6) is -1.89. The molecule has 0 N–H and O–H groups in total. The fourth-order valence-electron chi connectivity index (χ4n) is 2.23. The van der Waals surface area contributed by atoms with E-state index in [-0.39, 0.29) is 0 Å². The second-order valence-electron chi connectivity index (χ2n) is 5.13. The molecule has 23 heavy (non-hydrogen) atoms. The van der Waals surface area contributed by atoms with Crippen LogP contribution in [0.25, 0.3) is 0 Å². The van der Waals surface area contributed by atoms with Gasteiger partial charge >= 0.3 is 11.9 Å². The summed E-state index contributed by atoms with van der Waals surface area (Å²) in [4.78, 5) is 23.0. The molecule has 4 nitrogen and oxygen atoms in total. The van der Waals surface area contributed by atoms with Gasteiger partial charge < -0.3 is 9.47 Å². The number of carbonyl (C=O) groups excluding carboxylic acids is 2. The summed E-state index contributed by atoms with van der Waals surface area (Å²) in [5.41, 5.74) is 1.29. The normalized spacial score (nSPS) is 11.0. The molecule has 0 aliphatic carbocycles. The minimum absolute atomic E-state index is 0.438. The van der Waals surface area contributed by atoms with E-state index in [1.807, 2.05) is 18.2 Å². The highest BCUT2D eigenvalue weighted by molar-refractivity contribution is 9.10. The van der Waals surface area contributed by atoms with Crippen molar-refractivity contribution in [3.8, 4) is 0 Å². The predicted octanol–water partition coefficient (Wildman–Crippen LogP) is 4.07. The number of methoxy groups -OCH3 is 2. The van der Waals surface area contributed by atoms with E-state index in [0.29, 0.717) is 6.42 Å². The number of rotatable bonds is 9. The highest BCUT2D eigenvalue weighted by Crippen LogP contribution is 2.18. The Morgan fingerprint density at radius 1 is 1.09 bits per heavy atom. The van der Waals surface area contributed by atoms with E-state index >= 15 is 0 Å². The molecule has 0 aliphatic heterocycles. The predicted molar refractivity (Wildman–Crippen MR) is 93.0 cm³/mol. The maximum absolute atomic E-state index is 11.5. The van der Waals surface area contributed by atoms with Gasteiger partial charge in [-0.1, -0.05) is 46.3 Å². The van der Waals surface area contributed by atoms with E-state index in [4.69, 9.17) is 0 Å². The van der Waals surface area contributed by atoms with Gasteiger partial charge in [-0.15, -0.1) is 0 Å². The molecular formula is C18H23BrO4. The molecule has 0 spiro atoms. The number of unbranched alkanes of at least 4 members (excludes halogenated alkanes) is 1. The second kappa shape index (κ2) is 11.0. The molecular weight excluding hydrogens is 360 g/mol. The zero-order valence-corrected chi connectivity index (χ0v) is 15.2. The number of ether oxygens (including phenoxy) is 2. The van der Waals surface area contributed by atoms with Gasteiger partial charge in [-0.3, -0.25) is 9.59 Å². The minimum atomic E-state index is -0.821. The van der Waals surface area contributed by atoms with Gasteiger partial charge in [0.05, 0.1) is 14.2 Å². The lowest BCUT2D eigenvalue weighted by Gasteiger charge is -2.11. The van der Waals surface area contributed by atoms with Crippen molar-refractivity contribution in [1.82, 2.24) is 0 Å². The molecule has 0 aliphatic rings. The zero-order chi connectivity index (χ0) is 17.1. The molecule has 0 aromatic heterocycles. The molecule has 1 aromatic rings. The summed E-state index contributed by atoms with van der Waals surface area (Å²) in [5, 5.41) is 0. The molecule has 0 atom stereocenters. The monoisotopic (exact) mass is 382 g/mol. The number of aryl methyl sites for hydroxylation is 1. The first-order valence-corrected chi connectivity index (χ1v) is 8.43. The number of hydrogen-bond acceptors (Lipinski definition) is 4. The molecule has 0 saturated carbocycles. The van der Waals surface area contributed by atoms with Gasteiger partial charge in [0, 0.05) is 4.47 Å². The van der Waals surface area contributed by atoms with Crippen LogP contribution in [0.1, 0.15) is 31.2 Å². The first kappa shape index (κ1) is 19.4. The molecule has 1 rings (SSSR count). The molecule has 126 valence electrons. The van der Waals surface area contributed by atoms with E-state index in [0.717, 1.165) is 30.2 Å². The zero-order valence-electron chi connectivity index (χ0n) is 13.6. The van der Waals surface area contributed by atoms with Crippen molar-refractivity contribution in [2.75, 3.05) is 14.2 Å². The summed E-state index contributed by atoms with van der Waals surface area (Å²) in [7, 11) is 2.56. The number of carbonyl (C=O) groups is 2. The van der Waals surface area contributed by atoms with Gasteiger partial charge in [-0.25, -0.2) is 0 Å². The van der Waals surface area contributed by atoms with Crippen molar-refractivity contribution in [2.45, 2.75) is 32.1 Å². The number of halogens is 1. The van der Waals surface area contributed by atoms with E-state index in [9.17, 15) is 9.59 Å². The van der Waals surface area contributed by atoms with Crippen LogP contribution >= 0.6 is 15.9 Å². The van der Waals surface area contributed by atoms with Crippen molar-refractivity contribution in [1.29, 1.82) is 0 Å². The van der Waals surface area contributed by atoms with E-state index in [1.54, 1.807) is 0 Å². The van der Waals surface area contributed by atoms with Crippen LogP contribution in [-0.2, 0) is 25.5 Å². The Morgan fingerprint density at radius 2 is 1.70 bits per heavy atom. The molecule has 0 heterocycles. The molecule has 1 aromatic carbocycles. The number of hydrogen-bond donors (Lipinski definition) is 0. The van der Waals surface area contributed by atoms with Crippen LogP contribution in [-0.4, -0.2) is 26.2 Å².